The molecule has 0 aliphatic carbocycles. The van der Waals surface area contributed by atoms with Crippen LogP contribution in [0, 0.1) is 6.92 Å². The van der Waals surface area contributed by atoms with Gasteiger partial charge in [-0.05, 0) is 74.2 Å². The van der Waals surface area contributed by atoms with E-state index in [0.29, 0.717) is 37.3 Å². The highest BCUT2D eigenvalue weighted by molar-refractivity contribution is 6.01. The quantitative estimate of drug-likeness (QED) is 0.402. The monoisotopic (exact) mass is 564 g/mol. The first kappa shape index (κ1) is 28.3. The maximum atomic E-state index is 13.8. The van der Waals surface area contributed by atoms with E-state index in [0.717, 1.165) is 37.0 Å². The van der Waals surface area contributed by atoms with E-state index in [-0.39, 0.29) is 34.5 Å². The molecule has 1 aromatic heterocycles. The Hall–Kier alpha value is -4.21. The molecule has 2 aliphatic heterocycles. The molecule has 1 N–H and O–H groups in total. The van der Waals surface area contributed by atoms with Crippen molar-refractivity contribution in [1.29, 1.82) is 0 Å². The van der Waals surface area contributed by atoms with Crippen LogP contribution in [0.4, 0.5) is 18.9 Å². The van der Waals surface area contributed by atoms with Gasteiger partial charge in [-0.1, -0.05) is 19.1 Å². The van der Waals surface area contributed by atoms with Crippen LogP contribution in [-0.4, -0.2) is 57.7 Å². The number of hydrogen-bond donors (Lipinski definition) is 1. The summed E-state index contributed by atoms with van der Waals surface area (Å²) in [5.74, 6) is -0.538. The lowest BCUT2D eigenvalue weighted by Crippen LogP contribution is -2.69. The zero-order valence-corrected chi connectivity index (χ0v) is 22.9. The van der Waals surface area contributed by atoms with Gasteiger partial charge in [-0.2, -0.15) is 13.2 Å². The van der Waals surface area contributed by atoms with E-state index in [2.05, 4.69) is 10.3 Å². The van der Waals surface area contributed by atoms with E-state index in [4.69, 9.17) is 0 Å². The van der Waals surface area contributed by atoms with Crippen molar-refractivity contribution < 1.29 is 27.6 Å². The van der Waals surface area contributed by atoms with Gasteiger partial charge in [0.25, 0.3) is 11.8 Å². The number of nitrogens with zero attached hydrogens (tertiary/aromatic N) is 3. The Kier molecular flexibility index (Phi) is 7.59. The molecule has 0 atom stereocenters. The van der Waals surface area contributed by atoms with Crippen LogP contribution in [0.1, 0.15) is 64.4 Å². The number of carbonyl (C=O) groups is 3. The Bertz CT molecular complexity index is 1500. The number of likely N-dealkylation sites (tertiary alicyclic amines) is 2. The minimum Gasteiger partial charge on any atom is -0.334 e. The molecule has 7 nitrogen and oxygen atoms in total. The van der Waals surface area contributed by atoms with Gasteiger partial charge in [-0.15, -0.1) is 0 Å². The van der Waals surface area contributed by atoms with E-state index < -0.39 is 17.3 Å². The van der Waals surface area contributed by atoms with Crippen molar-refractivity contribution in [1.82, 2.24) is 14.8 Å². The summed E-state index contributed by atoms with van der Waals surface area (Å²) in [4.78, 5) is 46.8. The van der Waals surface area contributed by atoms with Gasteiger partial charge in [-0.3, -0.25) is 19.4 Å². The molecular weight excluding hydrogens is 533 g/mol. The number of pyridine rings is 1. The standard InChI is InChI=1S/C31H31F3N4O3/c1-3-7-26(39)36-25-12-11-22(16-20(25)2)28(40)37-18-30(19-37)13-6-15-38(30)29(41)24-10-5-14-35-27(24)21-8-4-9-23(17-21)31(32,33)34/h4-5,8-12,14,16-17H,3,6-7,13,15,18-19H2,1-2H3,(H,36,39). The van der Waals surface area contributed by atoms with Crippen LogP contribution in [0.2, 0.25) is 0 Å². The van der Waals surface area contributed by atoms with E-state index >= 15 is 0 Å². The molecule has 3 amide bonds. The Morgan fingerprint density at radius 1 is 1.02 bits per heavy atom. The second-order valence-electron chi connectivity index (χ2n) is 10.8. The average Bonchev–Trinajstić information content (AvgIpc) is 3.38. The smallest absolute Gasteiger partial charge is 0.334 e. The largest absolute Gasteiger partial charge is 0.416 e. The van der Waals surface area contributed by atoms with Crippen LogP contribution < -0.4 is 5.32 Å². The van der Waals surface area contributed by atoms with E-state index in [1.807, 2.05) is 13.8 Å². The molecule has 0 unspecified atom stereocenters. The second kappa shape index (κ2) is 11.0. The third-order valence-electron chi connectivity index (χ3n) is 7.83. The van der Waals surface area contributed by atoms with E-state index in [9.17, 15) is 27.6 Å². The minimum absolute atomic E-state index is 0.0739. The zero-order valence-electron chi connectivity index (χ0n) is 22.9. The number of rotatable bonds is 6. The molecule has 0 bridgehead atoms. The highest BCUT2D eigenvalue weighted by atomic mass is 19.4. The van der Waals surface area contributed by atoms with Crippen LogP contribution in [0.5, 0.6) is 0 Å². The highest BCUT2D eigenvalue weighted by Gasteiger charge is 2.53. The predicted octanol–water partition coefficient (Wildman–Crippen LogP) is 5.95. The Labute approximate surface area is 236 Å². The molecule has 2 saturated heterocycles. The van der Waals surface area contributed by atoms with Crippen molar-refractivity contribution >= 4 is 23.4 Å². The average molecular weight is 565 g/mol. The van der Waals surface area contributed by atoms with Gasteiger partial charge in [0.15, 0.2) is 0 Å². The summed E-state index contributed by atoms with van der Waals surface area (Å²) in [5.41, 5.74) is 1.25. The van der Waals surface area contributed by atoms with Crippen molar-refractivity contribution in [2.75, 3.05) is 25.0 Å². The van der Waals surface area contributed by atoms with Crippen molar-refractivity contribution in [2.24, 2.45) is 0 Å². The summed E-state index contributed by atoms with van der Waals surface area (Å²) >= 11 is 0. The van der Waals surface area contributed by atoms with Gasteiger partial charge in [0.05, 0.1) is 22.4 Å². The molecule has 1 spiro atoms. The molecule has 214 valence electrons. The fourth-order valence-corrected chi connectivity index (χ4v) is 5.75. The van der Waals surface area contributed by atoms with Crippen molar-refractivity contribution in [2.45, 2.75) is 51.2 Å². The van der Waals surface area contributed by atoms with Gasteiger partial charge >= 0.3 is 6.18 Å². The fraction of sp³-hybridized carbons (Fsp3) is 0.355. The van der Waals surface area contributed by atoms with Gasteiger partial charge in [-0.25, -0.2) is 0 Å². The van der Waals surface area contributed by atoms with Crippen LogP contribution in [0.3, 0.4) is 0 Å². The lowest BCUT2D eigenvalue weighted by Gasteiger charge is -2.52. The first-order valence-corrected chi connectivity index (χ1v) is 13.7. The van der Waals surface area contributed by atoms with Crippen LogP contribution in [0.25, 0.3) is 11.3 Å². The van der Waals surface area contributed by atoms with Crippen LogP contribution in [-0.2, 0) is 11.0 Å². The van der Waals surface area contributed by atoms with Gasteiger partial charge in [0.1, 0.15) is 0 Å². The first-order valence-electron chi connectivity index (χ1n) is 13.7. The molecule has 0 saturated carbocycles. The maximum Gasteiger partial charge on any atom is 0.416 e. The van der Waals surface area contributed by atoms with Gasteiger partial charge in [0, 0.05) is 49.1 Å². The van der Waals surface area contributed by atoms with Crippen LogP contribution in [0.15, 0.2) is 60.8 Å². The highest BCUT2D eigenvalue weighted by Crippen LogP contribution is 2.40. The second-order valence-corrected chi connectivity index (χ2v) is 10.8. The summed E-state index contributed by atoms with van der Waals surface area (Å²) < 4.78 is 40.0. The van der Waals surface area contributed by atoms with Gasteiger partial charge in [0.2, 0.25) is 5.91 Å². The van der Waals surface area contributed by atoms with Crippen molar-refractivity contribution in [3.05, 3.63) is 83.0 Å². The summed E-state index contributed by atoms with van der Waals surface area (Å²) in [6.45, 7) is 4.99. The number of alkyl halides is 3. The molecule has 5 rings (SSSR count). The topological polar surface area (TPSA) is 82.6 Å². The number of nitrogens with one attached hydrogen (secondary N) is 1. The molecule has 0 radical (unpaired) electrons. The summed E-state index contributed by atoms with van der Waals surface area (Å²) in [7, 11) is 0. The van der Waals surface area contributed by atoms with Gasteiger partial charge < -0.3 is 15.1 Å². The molecule has 3 aromatic rings. The molecule has 3 heterocycles. The summed E-state index contributed by atoms with van der Waals surface area (Å²) in [6, 6.07) is 13.2. The lowest BCUT2D eigenvalue weighted by molar-refractivity contribution is -0.137. The fourth-order valence-electron chi connectivity index (χ4n) is 5.75. The SMILES string of the molecule is CCCC(=O)Nc1ccc(C(=O)N2CC3(CCCN3C(=O)c3cccnc3-c3cccc(C(F)(F)F)c3)C2)cc1C. The van der Waals surface area contributed by atoms with Crippen LogP contribution >= 0.6 is 0 Å². The third-order valence-corrected chi connectivity index (χ3v) is 7.83. The number of aryl methyl sites for hydroxylation is 1. The number of hydrogen-bond acceptors (Lipinski definition) is 4. The predicted molar refractivity (Wildman–Crippen MR) is 148 cm³/mol. The normalized spacial score (nSPS) is 16.0. The molecule has 41 heavy (non-hydrogen) atoms. The number of aromatic nitrogens is 1. The third kappa shape index (κ3) is 5.55. The number of benzene rings is 2. The maximum absolute atomic E-state index is 13.8. The molecular formula is C31H31F3N4O3. The summed E-state index contributed by atoms with van der Waals surface area (Å²) in [5, 5.41) is 2.87. The number of carbonyl (C=O) groups excluding carboxylic acids is 3. The Morgan fingerprint density at radius 3 is 2.51 bits per heavy atom. The van der Waals surface area contributed by atoms with Crippen molar-refractivity contribution in [3.8, 4) is 11.3 Å². The number of halogens is 3. The van der Waals surface area contributed by atoms with E-state index in [1.54, 1.807) is 40.1 Å². The Morgan fingerprint density at radius 2 is 1.80 bits per heavy atom. The zero-order chi connectivity index (χ0) is 29.4. The minimum atomic E-state index is -4.52. The van der Waals surface area contributed by atoms with Crippen molar-refractivity contribution in [3.63, 3.8) is 0 Å². The molecule has 2 fully saturated rings. The lowest BCUT2D eigenvalue weighted by atomic mass is 9.85. The first-order chi connectivity index (χ1) is 19.5. The molecule has 2 aliphatic rings. The number of amides is 3. The molecule has 2 aromatic carbocycles. The number of anilines is 1. The Balaban J connectivity index is 1.32. The summed E-state index contributed by atoms with van der Waals surface area (Å²) in [6.07, 6.45) is -0.409. The molecule has 10 heteroatoms. The van der Waals surface area contributed by atoms with E-state index in [1.165, 1.54) is 18.3 Å².